The standard InChI is InChI=1S/C27H30F2N6O3/c1-5-17(18-6-7-20(28)15(2)24(18)29)14-23(36)35-25(27(38)34(4)22-9-11-33(3)32-22)19(26(35)37)12-16-8-10-31-21(30)13-16/h6-11,13,17,19,25H,5,12,14H2,1-4H3,(H2,30,31)/t17-,19+,25-/m0/s1. The van der Waals surface area contributed by atoms with Gasteiger partial charge in [-0.2, -0.15) is 5.10 Å². The zero-order valence-corrected chi connectivity index (χ0v) is 21.7. The summed E-state index contributed by atoms with van der Waals surface area (Å²) in [4.78, 5) is 46.6. The largest absolute Gasteiger partial charge is 0.384 e. The molecule has 0 unspecified atom stereocenters. The number of amides is 3. The quantitative estimate of drug-likeness (QED) is 0.453. The van der Waals surface area contributed by atoms with Crippen molar-refractivity contribution in [1.82, 2.24) is 19.7 Å². The van der Waals surface area contributed by atoms with Crippen LogP contribution in [0.15, 0.2) is 42.7 Å². The number of benzene rings is 1. The summed E-state index contributed by atoms with van der Waals surface area (Å²) in [7, 11) is 3.24. The molecule has 3 aromatic rings. The molecule has 1 saturated heterocycles. The van der Waals surface area contributed by atoms with E-state index < -0.39 is 47.2 Å². The first kappa shape index (κ1) is 26.9. The van der Waals surface area contributed by atoms with E-state index in [-0.39, 0.29) is 29.8 Å². The number of aryl methyl sites for hydroxylation is 1. The molecule has 1 fully saturated rings. The molecule has 1 aliphatic rings. The molecule has 0 radical (unpaired) electrons. The lowest BCUT2D eigenvalue weighted by Crippen LogP contribution is -2.69. The predicted molar refractivity (Wildman–Crippen MR) is 137 cm³/mol. The molecule has 4 rings (SSSR count). The molecule has 1 aromatic carbocycles. The molecule has 38 heavy (non-hydrogen) atoms. The second-order valence-electron chi connectivity index (χ2n) is 9.58. The van der Waals surface area contributed by atoms with E-state index in [4.69, 9.17) is 5.73 Å². The minimum atomic E-state index is -1.08. The zero-order valence-electron chi connectivity index (χ0n) is 21.7. The molecule has 0 spiro atoms. The van der Waals surface area contributed by atoms with E-state index in [2.05, 4.69) is 10.1 Å². The fourth-order valence-corrected chi connectivity index (χ4v) is 4.86. The van der Waals surface area contributed by atoms with Crippen LogP contribution in [-0.2, 0) is 27.9 Å². The third kappa shape index (κ3) is 5.00. The van der Waals surface area contributed by atoms with E-state index in [1.165, 1.54) is 41.9 Å². The summed E-state index contributed by atoms with van der Waals surface area (Å²) in [5.74, 6) is -3.71. The maximum absolute atomic E-state index is 14.8. The number of rotatable bonds is 8. The number of pyridine rings is 1. The van der Waals surface area contributed by atoms with E-state index in [0.29, 0.717) is 17.8 Å². The van der Waals surface area contributed by atoms with E-state index in [0.717, 1.165) is 4.90 Å². The van der Waals surface area contributed by atoms with Crippen molar-refractivity contribution in [2.75, 3.05) is 17.7 Å². The zero-order chi connectivity index (χ0) is 27.7. The molecule has 2 N–H and O–H groups in total. The number of nitrogens with zero attached hydrogens (tertiary/aromatic N) is 5. The molecule has 3 atom stereocenters. The molecular formula is C27H30F2N6O3. The van der Waals surface area contributed by atoms with E-state index in [1.807, 2.05) is 0 Å². The van der Waals surface area contributed by atoms with Gasteiger partial charge in [0.15, 0.2) is 5.82 Å². The third-order valence-corrected chi connectivity index (χ3v) is 7.11. The number of carbonyl (C=O) groups is 3. The van der Waals surface area contributed by atoms with Crippen LogP contribution >= 0.6 is 0 Å². The Morgan fingerprint density at radius 3 is 2.58 bits per heavy atom. The van der Waals surface area contributed by atoms with Gasteiger partial charge in [0, 0.05) is 44.5 Å². The average Bonchev–Trinajstić information content (AvgIpc) is 3.33. The summed E-state index contributed by atoms with van der Waals surface area (Å²) in [6.07, 6.45) is 3.54. The Kier molecular flexibility index (Phi) is 7.56. The first-order valence-corrected chi connectivity index (χ1v) is 12.3. The number of halogens is 2. The van der Waals surface area contributed by atoms with Crippen molar-refractivity contribution >= 4 is 29.4 Å². The Balaban J connectivity index is 1.62. The third-order valence-electron chi connectivity index (χ3n) is 7.11. The topological polar surface area (TPSA) is 114 Å². The molecule has 9 nitrogen and oxygen atoms in total. The van der Waals surface area contributed by atoms with E-state index >= 15 is 0 Å². The van der Waals surface area contributed by atoms with Gasteiger partial charge in [0.25, 0.3) is 5.91 Å². The van der Waals surface area contributed by atoms with Crippen LogP contribution in [0.5, 0.6) is 0 Å². The second kappa shape index (κ2) is 10.7. The number of nitrogens with two attached hydrogens (primary N) is 1. The van der Waals surface area contributed by atoms with Crippen LogP contribution in [0.1, 0.15) is 42.4 Å². The number of hydrogen-bond donors (Lipinski definition) is 1. The molecular weight excluding hydrogens is 494 g/mol. The summed E-state index contributed by atoms with van der Waals surface area (Å²) in [6, 6.07) is 6.38. The molecule has 200 valence electrons. The Morgan fingerprint density at radius 2 is 1.95 bits per heavy atom. The Labute approximate surface area is 219 Å². The van der Waals surface area contributed by atoms with Crippen LogP contribution in [0.25, 0.3) is 0 Å². The van der Waals surface area contributed by atoms with Crippen LogP contribution < -0.4 is 10.6 Å². The van der Waals surface area contributed by atoms with Gasteiger partial charge in [0.1, 0.15) is 23.5 Å². The van der Waals surface area contributed by atoms with Gasteiger partial charge >= 0.3 is 0 Å². The maximum Gasteiger partial charge on any atom is 0.252 e. The first-order chi connectivity index (χ1) is 18.0. The van der Waals surface area contributed by atoms with Crippen LogP contribution in [0, 0.1) is 24.5 Å². The summed E-state index contributed by atoms with van der Waals surface area (Å²) < 4.78 is 30.2. The van der Waals surface area contributed by atoms with Gasteiger partial charge < -0.3 is 5.73 Å². The SMILES string of the molecule is CC[C@@H](CC(=O)N1C(=O)[C@H](Cc2ccnc(N)c2)[C@H]1C(=O)N(C)c1ccn(C)n1)c1ccc(F)c(C)c1F. The number of nitrogen functional groups attached to an aromatic ring is 1. The average molecular weight is 525 g/mol. The van der Waals surface area contributed by atoms with E-state index in [1.54, 1.807) is 38.4 Å². The summed E-state index contributed by atoms with van der Waals surface area (Å²) in [5.41, 5.74) is 6.56. The number of β-lactam (4-membered cyclic amide) rings is 1. The van der Waals surface area contributed by atoms with Crippen molar-refractivity contribution in [3.8, 4) is 0 Å². The number of hydrogen-bond acceptors (Lipinski definition) is 6. The van der Waals surface area contributed by atoms with Crippen molar-refractivity contribution in [3.63, 3.8) is 0 Å². The fraction of sp³-hybridized carbons (Fsp3) is 0.370. The van der Waals surface area contributed by atoms with Crippen molar-refractivity contribution < 1.29 is 23.2 Å². The van der Waals surface area contributed by atoms with Gasteiger partial charge in [-0.05, 0) is 55.0 Å². The van der Waals surface area contributed by atoms with Crippen LogP contribution in [0.4, 0.5) is 20.4 Å². The minimum absolute atomic E-state index is 0.129. The Morgan fingerprint density at radius 1 is 1.21 bits per heavy atom. The lowest BCUT2D eigenvalue weighted by Gasteiger charge is -2.46. The Bertz CT molecular complexity index is 1390. The first-order valence-electron chi connectivity index (χ1n) is 12.3. The molecule has 1 aliphatic heterocycles. The summed E-state index contributed by atoms with van der Waals surface area (Å²) >= 11 is 0. The molecule has 3 heterocycles. The lowest BCUT2D eigenvalue weighted by atomic mass is 9.80. The van der Waals surface area contributed by atoms with Gasteiger partial charge in [0.2, 0.25) is 11.8 Å². The lowest BCUT2D eigenvalue weighted by molar-refractivity contribution is -0.170. The van der Waals surface area contributed by atoms with Gasteiger partial charge in [-0.3, -0.25) is 28.9 Å². The number of likely N-dealkylation sites (tertiary alicyclic amines) is 1. The monoisotopic (exact) mass is 524 g/mol. The molecule has 0 saturated carbocycles. The van der Waals surface area contributed by atoms with Crippen molar-refractivity contribution in [2.24, 2.45) is 13.0 Å². The summed E-state index contributed by atoms with van der Waals surface area (Å²) in [5, 5.41) is 4.24. The highest BCUT2D eigenvalue weighted by molar-refractivity contribution is 6.12. The summed E-state index contributed by atoms with van der Waals surface area (Å²) in [6.45, 7) is 3.11. The van der Waals surface area contributed by atoms with Crippen LogP contribution in [-0.4, -0.2) is 50.5 Å². The highest BCUT2D eigenvalue weighted by Crippen LogP contribution is 2.36. The number of likely N-dealkylation sites (N-methyl/N-ethyl adjacent to an activating group) is 1. The normalized spacial score (nSPS) is 17.7. The van der Waals surface area contributed by atoms with Crippen LogP contribution in [0.3, 0.4) is 0 Å². The van der Waals surface area contributed by atoms with Gasteiger partial charge in [-0.25, -0.2) is 13.8 Å². The molecule has 0 bridgehead atoms. The van der Waals surface area contributed by atoms with Crippen molar-refractivity contribution in [2.45, 2.75) is 45.1 Å². The minimum Gasteiger partial charge on any atom is -0.384 e. The number of aromatic nitrogens is 3. The predicted octanol–water partition coefficient (Wildman–Crippen LogP) is 3.13. The van der Waals surface area contributed by atoms with Crippen LogP contribution in [0.2, 0.25) is 0 Å². The molecule has 2 aromatic heterocycles. The molecule has 3 amide bonds. The molecule has 11 heteroatoms. The molecule has 0 aliphatic carbocycles. The van der Waals surface area contributed by atoms with Crippen molar-refractivity contribution in [1.29, 1.82) is 0 Å². The smallest absolute Gasteiger partial charge is 0.252 e. The number of anilines is 2. The second-order valence-corrected chi connectivity index (χ2v) is 9.58. The fourth-order valence-electron chi connectivity index (χ4n) is 4.86. The number of imide groups is 1. The number of carbonyl (C=O) groups excluding carboxylic acids is 3. The highest BCUT2D eigenvalue weighted by Gasteiger charge is 2.55. The van der Waals surface area contributed by atoms with Gasteiger partial charge in [-0.1, -0.05) is 13.0 Å². The van der Waals surface area contributed by atoms with Crippen molar-refractivity contribution in [3.05, 3.63) is 71.1 Å². The Hall–Kier alpha value is -4.15. The van der Waals surface area contributed by atoms with Gasteiger partial charge in [0.05, 0.1) is 5.92 Å². The maximum atomic E-state index is 14.8. The highest BCUT2D eigenvalue weighted by atomic mass is 19.1. The van der Waals surface area contributed by atoms with E-state index in [9.17, 15) is 23.2 Å². The van der Waals surface area contributed by atoms with Gasteiger partial charge in [-0.15, -0.1) is 0 Å².